The fraction of sp³-hybridized carbons (Fsp3) is 0.438. The van der Waals surface area contributed by atoms with Crippen LogP contribution in [0.3, 0.4) is 0 Å². The molecule has 1 unspecified atom stereocenters. The minimum atomic E-state index is -2.91. The second-order valence-electron chi connectivity index (χ2n) is 5.66. The van der Waals surface area contributed by atoms with Gasteiger partial charge in [0, 0.05) is 24.7 Å². The van der Waals surface area contributed by atoms with Crippen LogP contribution in [0.2, 0.25) is 0 Å². The molecule has 1 aromatic carbocycles. The molecule has 25 heavy (non-hydrogen) atoms. The van der Waals surface area contributed by atoms with Crippen LogP contribution in [0.15, 0.2) is 24.3 Å². The Morgan fingerprint density at radius 1 is 1.48 bits per heavy atom. The topological polar surface area (TPSA) is 81.1 Å². The third-order valence-electron chi connectivity index (χ3n) is 3.86. The molecule has 2 heterocycles. The minimum Gasteiger partial charge on any atom is -0.435 e. The number of alkyl halides is 2. The molecule has 9 heteroatoms. The molecule has 1 aromatic heterocycles. The van der Waals surface area contributed by atoms with Gasteiger partial charge in [0.2, 0.25) is 0 Å². The summed E-state index contributed by atoms with van der Waals surface area (Å²) >= 11 is 0. The summed E-state index contributed by atoms with van der Waals surface area (Å²) in [4.78, 5) is 16.7. The molecule has 7 nitrogen and oxygen atoms in total. The van der Waals surface area contributed by atoms with Crippen LogP contribution in [0, 0.1) is 0 Å². The molecule has 134 valence electrons. The van der Waals surface area contributed by atoms with Crippen molar-refractivity contribution >= 4 is 11.7 Å². The number of hydrogen-bond donors (Lipinski definition) is 2. The standard InChI is InChI=1S/C16H19F2N5O2/c1-2-13-21-14-12(7-4-8-23(14)22-13)20-16(24)19-10-5-3-6-11(9-10)25-15(17)18/h3,5-6,9,12,15H,2,4,7-8H2,1H3,(H2,19,20,24). The summed E-state index contributed by atoms with van der Waals surface area (Å²) in [6.07, 6.45) is 2.39. The van der Waals surface area contributed by atoms with E-state index in [1.807, 2.05) is 11.6 Å². The monoisotopic (exact) mass is 351 g/mol. The van der Waals surface area contributed by atoms with Crippen LogP contribution in [0.1, 0.15) is 37.5 Å². The number of rotatable bonds is 5. The van der Waals surface area contributed by atoms with Gasteiger partial charge in [0.25, 0.3) is 0 Å². The third kappa shape index (κ3) is 4.23. The second-order valence-corrected chi connectivity index (χ2v) is 5.66. The van der Waals surface area contributed by atoms with E-state index in [0.717, 1.165) is 37.5 Å². The zero-order chi connectivity index (χ0) is 17.8. The number of amides is 2. The predicted octanol–water partition coefficient (Wildman–Crippen LogP) is 3.10. The van der Waals surface area contributed by atoms with Crippen LogP contribution in [-0.4, -0.2) is 27.4 Å². The first kappa shape index (κ1) is 17.1. The molecule has 0 bridgehead atoms. The summed E-state index contributed by atoms with van der Waals surface area (Å²) in [6.45, 7) is -0.148. The lowest BCUT2D eigenvalue weighted by Crippen LogP contribution is -2.36. The van der Waals surface area contributed by atoms with E-state index in [-0.39, 0.29) is 11.8 Å². The maximum atomic E-state index is 12.3. The number of ether oxygens (including phenoxy) is 1. The summed E-state index contributed by atoms with van der Waals surface area (Å²) in [5.41, 5.74) is 0.363. The Morgan fingerprint density at radius 3 is 3.08 bits per heavy atom. The average Bonchev–Trinajstić information content (AvgIpc) is 2.99. The van der Waals surface area contributed by atoms with Crippen LogP contribution in [-0.2, 0) is 13.0 Å². The molecule has 1 aliphatic heterocycles. The number of aryl methyl sites for hydroxylation is 2. The third-order valence-corrected chi connectivity index (χ3v) is 3.86. The van der Waals surface area contributed by atoms with Gasteiger partial charge in [-0.3, -0.25) is 0 Å². The maximum Gasteiger partial charge on any atom is 0.387 e. The van der Waals surface area contributed by atoms with E-state index in [2.05, 4.69) is 25.5 Å². The maximum absolute atomic E-state index is 12.3. The van der Waals surface area contributed by atoms with Crippen molar-refractivity contribution in [3.05, 3.63) is 35.9 Å². The lowest BCUT2D eigenvalue weighted by atomic mass is 10.1. The lowest BCUT2D eigenvalue weighted by molar-refractivity contribution is -0.0497. The minimum absolute atomic E-state index is 0.0159. The highest BCUT2D eigenvalue weighted by Crippen LogP contribution is 2.24. The number of benzene rings is 1. The number of nitrogens with zero attached hydrogens (tertiary/aromatic N) is 3. The molecule has 0 saturated carbocycles. The van der Waals surface area contributed by atoms with E-state index in [4.69, 9.17) is 0 Å². The number of anilines is 1. The highest BCUT2D eigenvalue weighted by Gasteiger charge is 2.25. The van der Waals surface area contributed by atoms with E-state index in [1.54, 1.807) is 6.07 Å². The largest absolute Gasteiger partial charge is 0.435 e. The fourth-order valence-electron chi connectivity index (χ4n) is 2.76. The normalized spacial score (nSPS) is 16.4. The molecule has 2 amide bonds. The van der Waals surface area contributed by atoms with Crippen LogP contribution in [0.25, 0.3) is 0 Å². The molecule has 0 aliphatic carbocycles. The highest BCUT2D eigenvalue weighted by molar-refractivity contribution is 5.89. The highest BCUT2D eigenvalue weighted by atomic mass is 19.3. The Balaban J connectivity index is 1.65. The Kier molecular flexibility index (Phi) is 5.11. The van der Waals surface area contributed by atoms with Gasteiger partial charge in [-0.15, -0.1) is 0 Å². The summed E-state index contributed by atoms with van der Waals surface area (Å²) in [5, 5.41) is 9.88. The van der Waals surface area contributed by atoms with Gasteiger partial charge in [0.15, 0.2) is 5.82 Å². The Hall–Kier alpha value is -2.71. The number of nitrogens with one attached hydrogen (secondary N) is 2. The second kappa shape index (κ2) is 7.45. The number of carbonyl (C=O) groups excluding carboxylic acids is 1. The van der Waals surface area contributed by atoms with Crippen LogP contribution in [0.4, 0.5) is 19.3 Å². The van der Waals surface area contributed by atoms with Crippen LogP contribution >= 0.6 is 0 Å². The van der Waals surface area contributed by atoms with Crippen molar-refractivity contribution in [2.45, 2.75) is 45.4 Å². The average molecular weight is 351 g/mol. The smallest absolute Gasteiger partial charge is 0.387 e. The molecule has 1 atom stereocenters. The van der Waals surface area contributed by atoms with Gasteiger partial charge in [-0.1, -0.05) is 13.0 Å². The van der Waals surface area contributed by atoms with E-state index in [0.29, 0.717) is 5.69 Å². The first-order chi connectivity index (χ1) is 12.0. The van der Waals surface area contributed by atoms with Gasteiger partial charge < -0.3 is 15.4 Å². The van der Waals surface area contributed by atoms with Gasteiger partial charge in [-0.2, -0.15) is 13.9 Å². The molecule has 2 aromatic rings. The van der Waals surface area contributed by atoms with Crippen LogP contribution in [0.5, 0.6) is 5.75 Å². The number of urea groups is 1. The molecular formula is C16H19F2N5O2. The number of fused-ring (bicyclic) bond motifs is 1. The van der Waals surface area contributed by atoms with Crippen molar-refractivity contribution in [1.82, 2.24) is 20.1 Å². The molecule has 0 fully saturated rings. The number of hydrogen-bond acceptors (Lipinski definition) is 4. The van der Waals surface area contributed by atoms with E-state index < -0.39 is 12.6 Å². The number of halogens is 2. The quantitative estimate of drug-likeness (QED) is 0.867. The number of carbonyl (C=O) groups is 1. The van der Waals surface area contributed by atoms with Crippen molar-refractivity contribution in [3.8, 4) is 5.75 Å². The Bertz CT molecular complexity index is 750. The summed E-state index contributed by atoms with van der Waals surface area (Å²) in [5.74, 6) is 1.48. The van der Waals surface area contributed by atoms with Gasteiger partial charge in [0.05, 0.1) is 6.04 Å². The zero-order valence-corrected chi connectivity index (χ0v) is 13.7. The molecule has 0 radical (unpaired) electrons. The molecular weight excluding hydrogens is 332 g/mol. The van der Waals surface area contributed by atoms with E-state index in [1.165, 1.54) is 18.2 Å². The SMILES string of the molecule is CCc1nc2n(n1)CCCC2NC(=O)Nc1cccc(OC(F)F)c1. The van der Waals surface area contributed by atoms with Gasteiger partial charge in [-0.05, 0) is 25.0 Å². The molecule has 3 rings (SSSR count). The molecule has 1 aliphatic rings. The van der Waals surface area contributed by atoms with Gasteiger partial charge in [0.1, 0.15) is 11.6 Å². The van der Waals surface area contributed by atoms with Crippen molar-refractivity contribution in [3.63, 3.8) is 0 Å². The van der Waals surface area contributed by atoms with Crippen molar-refractivity contribution in [2.24, 2.45) is 0 Å². The van der Waals surface area contributed by atoms with Crippen molar-refractivity contribution in [2.75, 3.05) is 5.32 Å². The van der Waals surface area contributed by atoms with Gasteiger partial charge >= 0.3 is 12.6 Å². The Morgan fingerprint density at radius 2 is 2.32 bits per heavy atom. The fourth-order valence-corrected chi connectivity index (χ4v) is 2.76. The summed E-state index contributed by atoms with van der Waals surface area (Å²) < 4.78 is 30.7. The first-order valence-electron chi connectivity index (χ1n) is 8.11. The zero-order valence-electron chi connectivity index (χ0n) is 13.7. The summed E-state index contributed by atoms with van der Waals surface area (Å²) in [6, 6.07) is 5.18. The van der Waals surface area contributed by atoms with E-state index >= 15 is 0 Å². The first-order valence-corrected chi connectivity index (χ1v) is 8.11. The number of aromatic nitrogens is 3. The Labute approximate surface area is 143 Å². The van der Waals surface area contributed by atoms with Crippen LogP contribution < -0.4 is 15.4 Å². The molecule has 2 N–H and O–H groups in total. The van der Waals surface area contributed by atoms with Crippen molar-refractivity contribution < 1.29 is 18.3 Å². The molecule has 0 saturated heterocycles. The van der Waals surface area contributed by atoms with E-state index in [9.17, 15) is 13.6 Å². The molecule has 0 spiro atoms. The van der Waals surface area contributed by atoms with Gasteiger partial charge in [-0.25, -0.2) is 14.5 Å². The summed E-state index contributed by atoms with van der Waals surface area (Å²) in [7, 11) is 0. The predicted molar refractivity (Wildman–Crippen MR) is 86.6 cm³/mol. The lowest BCUT2D eigenvalue weighted by Gasteiger charge is -2.23. The van der Waals surface area contributed by atoms with Crippen molar-refractivity contribution in [1.29, 1.82) is 0 Å².